The molecule has 3 heteroatoms. The van der Waals surface area contributed by atoms with Gasteiger partial charge in [-0.2, -0.15) is 0 Å². The van der Waals surface area contributed by atoms with Crippen LogP contribution in [0.25, 0.3) is 0 Å². The lowest BCUT2D eigenvalue weighted by molar-refractivity contribution is 0.841. The van der Waals surface area contributed by atoms with E-state index in [0.717, 1.165) is 15.9 Å². The van der Waals surface area contributed by atoms with Crippen molar-refractivity contribution in [1.82, 2.24) is 4.98 Å². The van der Waals surface area contributed by atoms with Gasteiger partial charge in [-0.15, -0.1) is 0 Å². The highest BCUT2D eigenvalue weighted by molar-refractivity contribution is 9.10. The van der Waals surface area contributed by atoms with Crippen molar-refractivity contribution in [2.24, 2.45) is 0 Å². The Balaban J connectivity index is 2.31. The Labute approximate surface area is 129 Å². The summed E-state index contributed by atoms with van der Waals surface area (Å²) < 4.78 is 1.11. The van der Waals surface area contributed by atoms with Crippen LogP contribution in [-0.4, -0.2) is 4.98 Å². The zero-order chi connectivity index (χ0) is 14.9. The summed E-state index contributed by atoms with van der Waals surface area (Å²) in [5.41, 5.74) is 7.18. The summed E-state index contributed by atoms with van der Waals surface area (Å²) in [5.74, 6) is 0. The van der Waals surface area contributed by atoms with Gasteiger partial charge in [-0.25, -0.2) is 0 Å². The Hall–Kier alpha value is -1.35. The average Bonchev–Trinajstić information content (AvgIpc) is 2.31. The van der Waals surface area contributed by atoms with Crippen molar-refractivity contribution in [3.05, 3.63) is 56.8 Å². The van der Waals surface area contributed by atoms with Gasteiger partial charge in [0, 0.05) is 21.5 Å². The molecular formula is C17H21BrN2. The molecule has 0 aliphatic rings. The molecule has 2 rings (SSSR count). The molecule has 2 nitrogen and oxygen atoms in total. The number of pyridine rings is 1. The van der Waals surface area contributed by atoms with Crippen LogP contribution >= 0.6 is 15.9 Å². The summed E-state index contributed by atoms with van der Waals surface area (Å²) in [6, 6.07) is 8.69. The summed E-state index contributed by atoms with van der Waals surface area (Å²) in [5, 5.41) is 3.59. The molecule has 1 N–H and O–H groups in total. The monoisotopic (exact) mass is 332 g/mol. The third kappa shape index (κ3) is 3.21. The van der Waals surface area contributed by atoms with E-state index in [1.54, 1.807) is 0 Å². The van der Waals surface area contributed by atoms with E-state index in [2.05, 4.69) is 78.2 Å². The van der Waals surface area contributed by atoms with Crippen molar-refractivity contribution in [3.8, 4) is 0 Å². The van der Waals surface area contributed by atoms with Crippen molar-refractivity contribution in [3.63, 3.8) is 0 Å². The zero-order valence-corrected chi connectivity index (χ0v) is 14.3. The fraction of sp³-hybridized carbons (Fsp3) is 0.353. The van der Waals surface area contributed by atoms with Crippen LogP contribution in [0, 0.1) is 27.7 Å². The van der Waals surface area contributed by atoms with Crippen LogP contribution in [0.2, 0.25) is 0 Å². The van der Waals surface area contributed by atoms with E-state index >= 15 is 0 Å². The molecule has 0 spiro atoms. The van der Waals surface area contributed by atoms with Gasteiger partial charge in [-0.3, -0.25) is 4.98 Å². The van der Waals surface area contributed by atoms with Gasteiger partial charge in [0.05, 0.1) is 6.04 Å². The largest absolute Gasteiger partial charge is 0.378 e. The quantitative estimate of drug-likeness (QED) is 0.830. The van der Waals surface area contributed by atoms with Crippen LogP contribution in [-0.2, 0) is 0 Å². The molecule has 1 aromatic carbocycles. The lowest BCUT2D eigenvalue weighted by atomic mass is 10.00. The predicted octanol–water partition coefficient (Wildman–Crippen LogP) is 5.25. The van der Waals surface area contributed by atoms with Gasteiger partial charge in [0.25, 0.3) is 0 Å². The van der Waals surface area contributed by atoms with Crippen molar-refractivity contribution in [1.29, 1.82) is 0 Å². The molecule has 0 radical (unpaired) electrons. The minimum absolute atomic E-state index is 0.239. The standard InChI is InChI=1S/C17H21BrN2/c1-10-9-15(18)6-7-16(10)20-14(5)17-11(2)8-12(3)19-13(17)4/h6-9,14,20H,1-5H3. The number of anilines is 1. The lowest BCUT2D eigenvalue weighted by Gasteiger charge is -2.21. The molecule has 0 aliphatic carbocycles. The molecule has 1 unspecified atom stereocenters. The second kappa shape index (κ2) is 5.96. The van der Waals surface area contributed by atoms with Crippen LogP contribution in [0.4, 0.5) is 5.69 Å². The van der Waals surface area contributed by atoms with E-state index in [4.69, 9.17) is 0 Å². The van der Waals surface area contributed by atoms with Gasteiger partial charge in [-0.1, -0.05) is 15.9 Å². The first-order valence-corrected chi connectivity index (χ1v) is 7.65. The van der Waals surface area contributed by atoms with E-state index in [1.807, 2.05) is 6.92 Å². The smallest absolute Gasteiger partial charge is 0.0506 e. The fourth-order valence-electron chi connectivity index (χ4n) is 2.78. The van der Waals surface area contributed by atoms with Crippen LogP contribution in [0.3, 0.4) is 0 Å². The Kier molecular flexibility index (Phi) is 4.48. The topological polar surface area (TPSA) is 24.9 Å². The summed E-state index contributed by atoms with van der Waals surface area (Å²) in [7, 11) is 0. The maximum atomic E-state index is 4.59. The molecule has 106 valence electrons. The zero-order valence-electron chi connectivity index (χ0n) is 12.7. The Morgan fingerprint density at radius 1 is 1.05 bits per heavy atom. The maximum absolute atomic E-state index is 4.59. The van der Waals surface area contributed by atoms with Crippen LogP contribution in [0.15, 0.2) is 28.7 Å². The highest BCUT2D eigenvalue weighted by Gasteiger charge is 2.13. The number of hydrogen-bond donors (Lipinski definition) is 1. The molecule has 0 amide bonds. The second-order valence-electron chi connectivity index (χ2n) is 5.40. The first kappa shape index (κ1) is 15.0. The van der Waals surface area contributed by atoms with Crippen molar-refractivity contribution in [2.45, 2.75) is 40.7 Å². The van der Waals surface area contributed by atoms with Crippen molar-refractivity contribution >= 4 is 21.6 Å². The summed E-state index contributed by atoms with van der Waals surface area (Å²) >= 11 is 3.50. The summed E-state index contributed by atoms with van der Waals surface area (Å²) in [6.07, 6.45) is 0. The van der Waals surface area contributed by atoms with Crippen molar-refractivity contribution < 1.29 is 0 Å². The molecule has 0 fully saturated rings. The minimum Gasteiger partial charge on any atom is -0.378 e. The normalized spacial score (nSPS) is 12.3. The van der Waals surface area contributed by atoms with E-state index in [9.17, 15) is 0 Å². The van der Waals surface area contributed by atoms with Crippen LogP contribution in [0.1, 0.15) is 41.0 Å². The Morgan fingerprint density at radius 3 is 2.35 bits per heavy atom. The molecule has 0 saturated heterocycles. The van der Waals surface area contributed by atoms with Crippen LogP contribution in [0.5, 0.6) is 0 Å². The van der Waals surface area contributed by atoms with E-state index < -0.39 is 0 Å². The fourth-order valence-corrected chi connectivity index (χ4v) is 3.26. The van der Waals surface area contributed by atoms with E-state index in [1.165, 1.54) is 22.4 Å². The third-order valence-corrected chi connectivity index (χ3v) is 4.07. The van der Waals surface area contributed by atoms with Gasteiger partial charge in [0.1, 0.15) is 0 Å². The van der Waals surface area contributed by atoms with Crippen molar-refractivity contribution in [2.75, 3.05) is 5.32 Å². The molecule has 1 aromatic heterocycles. The number of halogens is 1. The first-order valence-electron chi connectivity index (χ1n) is 6.86. The molecule has 1 heterocycles. The summed E-state index contributed by atoms with van der Waals surface area (Å²) in [6.45, 7) is 10.6. The van der Waals surface area contributed by atoms with Gasteiger partial charge in [-0.05, 0) is 75.6 Å². The van der Waals surface area contributed by atoms with E-state index in [-0.39, 0.29) is 6.04 Å². The molecular weight excluding hydrogens is 312 g/mol. The Morgan fingerprint density at radius 2 is 1.75 bits per heavy atom. The second-order valence-corrected chi connectivity index (χ2v) is 6.32. The molecule has 0 saturated carbocycles. The number of rotatable bonds is 3. The van der Waals surface area contributed by atoms with Gasteiger partial charge in [0.2, 0.25) is 0 Å². The number of aryl methyl sites for hydroxylation is 4. The number of nitrogens with zero attached hydrogens (tertiary/aromatic N) is 1. The molecule has 0 aliphatic heterocycles. The first-order chi connectivity index (χ1) is 9.38. The number of benzene rings is 1. The van der Waals surface area contributed by atoms with E-state index in [0.29, 0.717) is 0 Å². The lowest BCUT2D eigenvalue weighted by Crippen LogP contribution is -2.12. The number of nitrogens with one attached hydrogen (secondary N) is 1. The van der Waals surface area contributed by atoms with Crippen LogP contribution < -0.4 is 5.32 Å². The molecule has 1 atom stereocenters. The van der Waals surface area contributed by atoms with Gasteiger partial charge < -0.3 is 5.32 Å². The highest BCUT2D eigenvalue weighted by Crippen LogP contribution is 2.27. The average molecular weight is 333 g/mol. The molecule has 0 bridgehead atoms. The Bertz CT molecular complexity index is 612. The highest BCUT2D eigenvalue weighted by atomic mass is 79.9. The van der Waals surface area contributed by atoms with Gasteiger partial charge >= 0.3 is 0 Å². The molecule has 20 heavy (non-hydrogen) atoms. The SMILES string of the molecule is Cc1cc(C)c(C(C)Nc2ccc(Br)cc2C)c(C)n1. The minimum atomic E-state index is 0.239. The predicted molar refractivity (Wildman–Crippen MR) is 89.4 cm³/mol. The van der Waals surface area contributed by atoms with Gasteiger partial charge in [0.15, 0.2) is 0 Å². The molecule has 2 aromatic rings. The third-order valence-electron chi connectivity index (χ3n) is 3.58. The summed E-state index contributed by atoms with van der Waals surface area (Å²) in [4.78, 5) is 4.59. The maximum Gasteiger partial charge on any atom is 0.0506 e. The number of hydrogen-bond acceptors (Lipinski definition) is 2. The number of aromatic nitrogens is 1.